The van der Waals surface area contributed by atoms with E-state index in [1.807, 2.05) is 34.9 Å². The zero-order valence-electron chi connectivity index (χ0n) is 18.4. The number of aromatic nitrogens is 2. The summed E-state index contributed by atoms with van der Waals surface area (Å²) >= 11 is 0. The van der Waals surface area contributed by atoms with Gasteiger partial charge in [0.1, 0.15) is 11.4 Å². The van der Waals surface area contributed by atoms with Crippen LogP contribution in [0.2, 0.25) is 0 Å². The molecule has 3 aliphatic heterocycles. The van der Waals surface area contributed by atoms with Gasteiger partial charge >= 0.3 is 0 Å². The first-order valence-electron chi connectivity index (χ1n) is 10.7. The highest BCUT2D eigenvalue weighted by molar-refractivity contribution is 5.93. The third kappa shape index (κ3) is 3.10. The van der Waals surface area contributed by atoms with Crippen LogP contribution in [0.15, 0.2) is 42.7 Å². The van der Waals surface area contributed by atoms with E-state index < -0.39 is 17.4 Å². The molecule has 1 aromatic heterocycles. The van der Waals surface area contributed by atoms with Gasteiger partial charge in [-0.05, 0) is 25.0 Å². The summed E-state index contributed by atoms with van der Waals surface area (Å²) in [6.45, 7) is 5.55. The number of ether oxygens (including phenoxy) is 1. The van der Waals surface area contributed by atoms with Gasteiger partial charge in [0.25, 0.3) is 0 Å². The molecule has 0 radical (unpaired) electrons. The minimum Gasteiger partial charge on any atom is -0.360 e. The first-order valence-corrected chi connectivity index (χ1v) is 10.7. The molecule has 2 bridgehead atoms. The number of hydrogen-bond donors (Lipinski definition) is 0. The number of carbonyl (C=O) groups is 2. The van der Waals surface area contributed by atoms with Gasteiger partial charge in [-0.1, -0.05) is 35.9 Å². The van der Waals surface area contributed by atoms with Crippen LogP contribution in [0.3, 0.4) is 0 Å². The molecule has 0 saturated carbocycles. The first-order chi connectivity index (χ1) is 14.8. The molecule has 7 heteroatoms. The molecular formula is C24H28N4O3. The van der Waals surface area contributed by atoms with Crippen LogP contribution >= 0.6 is 0 Å². The highest BCUT2D eigenvalue weighted by Crippen LogP contribution is 2.52. The SMILES string of the molecule is Cc1ccc(C)c(CN2C[C@]34C=C[C@H](O3)C(C(=O)N(C)Cc3nccn3C)C4C2=O)c1. The highest BCUT2D eigenvalue weighted by Gasteiger charge is 2.67. The van der Waals surface area contributed by atoms with Gasteiger partial charge in [0.05, 0.1) is 31.0 Å². The van der Waals surface area contributed by atoms with Crippen LogP contribution in [0.1, 0.15) is 22.5 Å². The number of rotatable bonds is 5. The number of carbonyl (C=O) groups excluding carboxylic acids is 2. The van der Waals surface area contributed by atoms with Gasteiger partial charge in [-0.15, -0.1) is 0 Å². The predicted octanol–water partition coefficient (Wildman–Crippen LogP) is 1.98. The zero-order chi connectivity index (χ0) is 21.9. The van der Waals surface area contributed by atoms with Gasteiger partial charge in [0.2, 0.25) is 11.8 Å². The molecule has 3 aliphatic rings. The molecule has 1 spiro atoms. The van der Waals surface area contributed by atoms with Crippen molar-refractivity contribution < 1.29 is 14.3 Å². The lowest BCUT2D eigenvalue weighted by Crippen LogP contribution is -2.44. The van der Waals surface area contributed by atoms with E-state index >= 15 is 0 Å². The Hall–Kier alpha value is -2.93. The molecule has 0 N–H and O–H groups in total. The summed E-state index contributed by atoms with van der Waals surface area (Å²) in [7, 11) is 3.68. The fourth-order valence-electron chi connectivity index (χ4n) is 5.26. The Balaban J connectivity index is 1.38. The largest absolute Gasteiger partial charge is 0.360 e. The van der Waals surface area contributed by atoms with Gasteiger partial charge in [0.15, 0.2) is 0 Å². The van der Waals surface area contributed by atoms with Crippen molar-refractivity contribution in [1.29, 1.82) is 0 Å². The van der Waals surface area contributed by atoms with Crippen LogP contribution in [0.4, 0.5) is 0 Å². The Labute approximate surface area is 182 Å². The summed E-state index contributed by atoms with van der Waals surface area (Å²) in [5, 5.41) is 0. The number of likely N-dealkylation sites (tertiary alicyclic amines) is 1. The van der Waals surface area contributed by atoms with E-state index in [1.165, 1.54) is 5.56 Å². The lowest BCUT2D eigenvalue weighted by molar-refractivity contribution is -0.143. The van der Waals surface area contributed by atoms with Crippen LogP contribution < -0.4 is 0 Å². The number of aryl methyl sites for hydroxylation is 3. The van der Waals surface area contributed by atoms with Crippen LogP contribution in [0.25, 0.3) is 0 Å². The van der Waals surface area contributed by atoms with Crippen molar-refractivity contribution in [3.63, 3.8) is 0 Å². The first kappa shape index (κ1) is 20.0. The van der Waals surface area contributed by atoms with Crippen molar-refractivity contribution in [2.24, 2.45) is 18.9 Å². The molecular weight excluding hydrogens is 392 g/mol. The van der Waals surface area contributed by atoms with E-state index in [0.717, 1.165) is 17.0 Å². The lowest BCUT2D eigenvalue weighted by atomic mass is 9.76. The molecule has 4 heterocycles. The van der Waals surface area contributed by atoms with Crippen LogP contribution in [-0.2, 0) is 34.5 Å². The number of hydrogen-bond acceptors (Lipinski definition) is 4. The van der Waals surface area contributed by atoms with Gasteiger partial charge in [0, 0.05) is 33.0 Å². The standard InChI is InChI=1S/C24H28N4O3/c1-15-5-6-16(2)17(11-15)12-28-14-24-8-7-18(31-24)20(21(24)23(28)30)22(29)27(4)13-19-25-9-10-26(19)3/h5-11,18,20-21H,12-14H2,1-4H3/t18-,20?,21?,24-/m0/s1. The van der Waals surface area contributed by atoms with Crippen LogP contribution in [0, 0.1) is 25.7 Å². The van der Waals surface area contributed by atoms with E-state index in [9.17, 15) is 9.59 Å². The molecule has 2 fully saturated rings. The zero-order valence-corrected chi connectivity index (χ0v) is 18.4. The number of fused-ring (bicyclic) bond motifs is 1. The Kier molecular flexibility index (Phi) is 4.55. The quantitative estimate of drug-likeness (QED) is 0.694. The Morgan fingerprint density at radius 1 is 1.35 bits per heavy atom. The molecule has 5 rings (SSSR count). The van der Waals surface area contributed by atoms with E-state index in [0.29, 0.717) is 19.6 Å². The molecule has 7 nitrogen and oxygen atoms in total. The van der Waals surface area contributed by atoms with Crippen molar-refractivity contribution in [3.05, 3.63) is 65.3 Å². The predicted molar refractivity (Wildman–Crippen MR) is 115 cm³/mol. The molecule has 2 unspecified atom stereocenters. The molecule has 1 aromatic carbocycles. The maximum atomic E-state index is 13.5. The van der Waals surface area contributed by atoms with Gasteiger partial charge < -0.3 is 19.1 Å². The van der Waals surface area contributed by atoms with E-state index in [2.05, 4.69) is 37.0 Å². The van der Waals surface area contributed by atoms with Gasteiger partial charge in [-0.2, -0.15) is 0 Å². The number of benzene rings is 1. The second-order valence-corrected chi connectivity index (χ2v) is 9.17. The van der Waals surface area contributed by atoms with Crippen molar-refractivity contribution in [2.45, 2.75) is 38.6 Å². The number of amides is 2. The Morgan fingerprint density at radius 2 is 2.16 bits per heavy atom. The van der Waals surface area contributed by atoms with Gasteiger partial charge in [-0.25, -0.2) is 4.98 Å². The molecule has 2 amide bonds. The Morgan fingerprint density at radius 3 is 2.90 bits per heavy atom. The molecule has 162 valence electrons. The summed E-state index contributed by atoms with van der Waals surface area (Å²) < 4.78 is 8.18. The summed E-state index contributed by atoms with van der Waals surface area (Å²) in [6.07, 6.45) is 7.21. The third-order valence-corrected chi connectivity index (χ3v) is 7.01. The molecule has 2 saturated heterocycles. The minimum atomic E-state index is -0.691. The van der Waals surface area contributed by atoms with E-state index in [-0.39, 0.29) is 17.9 Å². The summed E-state index contributed by atoms with van der Waals surface area (Å²) in [6, 6.07) is 6.30. The average molecular weight is 421 g/mol. The average Bonchev–Trinajstić information content (AvgIpc) is 3.47. The summed E-state index contributed by atoms with van der Waals surface area (Å²) in [5.74, 6) is -0.211. The fourth-order valence-corrected chi connectivity index (χ4v) is 5.26. The number of nitrogens with zero attached hydrogens (tertiary/aromatic N) is 4. The smallest absolute Gasteiger partial charge is 0.230 e. The third-order valence-electron chi connectivity index (χ3n) is 7.01. The van der Waals surface area contributed by atoms with E-state index in [4.69, 9.17) is 4.74 Å². The number of imidazole rings is 1. The molecule has 2 aromatic rings. The minimum absolute atomic E-state index is 0.0106. The van der Waals surface area contributed by atoms with Crippen LogP contribution in [-0.4, -0.2) is 56.5 Å². The monoisotopic (exact) mass is 420 g/mol. The normalized spacial score (nSPS) is 28.5. The maximum absolute atomic E-state index is 13.5. The highest BCUT2D eigenvalue weighted by atomic mass is 16.5. The summed E-state index contributed by atoms with van der Waals surface area (Å²) in [5.41, 5.74) is 2.78. The topological polar surface area (TPSA) is 67.7 Å². The van der Waals surface area contributed by atoms with Gasteiger partial charge in [-0.3, -0.25) is 9.59 Å². The van der Waals surface area contributed by atoms with Crippen molar-refractivity contribution >= 4 is 11.8 Å². The maximum Gasteiger partial charge on any atom is 0.230 e. The molecule has 31 heavy (non-hydrogen) atoms. The van der Waals surface area contributed by atoms with E-state index in [1.54, 1.807) is 18.1 Å². The Bertz CT molecular complexity index is 1090. The second-order valence-electron chi connectivity index (χ2n) is 9.17. The summed E-state index contributed by atoms with van der Waals surface area (Å²) in [4.78, 5) is 34.8. The van der Waals surface area contributed by atoms with Crippen molar-refractivity contribution in [3.8, 4) is 0 Å². The van der Waals surface area contributed by atoms with Crippen molar-refractivity contribution in [1.82, 2.24) is 19.4 Å². The fraction of sp³-hybridized carbons (Fsp3) is 0.458. The van der Waals surface area contributed by atoms with Crippen LogP contribution in [0.5, 0.6) is 0 Å². The second kappa shape index (κ2) is 7.05. The molecule has 4 atom stereocenters. The van der Waals surface area contributed by atoms with Crippen molar-refractivity contribution in [2.75, 3.05) is 13.6 Å². The molecule has 0 aliphatic carbocycles. The lowest BCUT2D eigenvalue weighted by Gasteiger charge is -2.27.